The lowest BCUT2D eigenvalue weighted by Gasteiger charge is -2.34. The van der Waals surface area contributed by atoms with Crippen LogP contribution in [0.2, 0.25) is 0 Å². The van der Waals surface area contributed by atoms with Crippen LogP contribution in [0, 0.1) is 0 Å². The van der Waals surface area contributed by atoms with Crippen molar-refractivity contribution in [2.45, 2.75) is 33.1 Å². The fourth-order valence-electron chi connectivity index (χ4n) is 2.76. The number of carbonyl (C=O) groups excluding carboxylic acids is 2. The summed E-state index contributed by atoms with van der Waals surface area (Å²) in [5, 5.41) is 2.79. The van der Waals surface area contributed by atoms with E-state index in [9.17, 15) is 9.59 Å². The van der Waals surface area contributed by atoms with Crippen LogP contribution in [0.4, 0.5) is 4.79 Å². The SMILES string of the molecule is CCNC(=O)N1CCN(C(=O)/C=C/c2ccc(C(C)(C)C)cc2)CC1. The number of nitrogens with zero attached hydrogens (tertiary/aromatic N) is 2. The second-order valence-electron chi connectivity index (χ2n) is 7.35. The largest absolute Gasteiger partial charge is 0.338 e. The first-order valence-corrected chi connectivity index (χ1v) is 8.91. The Morgan fingerprint density at radius 3 is 2.12 bits per heavy atom. The van der Waals surface area contributed by atoms with E-state index in [1.807, 2.05) is 25.1 Å². The van der Waals surface area contributed by atoms with Crippen LogP contribution in [0.3, 0.4) is 0 Å². The minimum Gasteiger partial charge on any atom is -0.338 e. The van der Waals surface area contributed by atoms with Crippen LogP contribution in [0.25, 0.3) is 6.08 Å². The van der Waals surface area contributed by atoms with Gasteiger partial charge in [0.1, 0.15) is 0 Å². The van der Waals surface area contributed by atoms with Crippen molar-refractivity contribution in [1.82, 2.24) is 15.1 Å². The highest BCUT2D eigenvalue weighted by Crippen LogP contribution is 2.22. The van der Waals surface area contributed by atoms with E-state index in [1.54, 1.807) is 15.9 Å². The third kappa shape index (κ3) is 5.34. The highest BCUT2D eigenvalue weighted by atomic mass is 16.2. The van der Waals surface area contributed by atoms with Gasteiger partial charge in [-0.1, -0.05) is 45.0 Å². The summed E-state index contributed by atoms with van der Waals surface area (Å²) in [6.07, 6.45) is 3.47. The fourth-order valence-corrected chi connectivity index (χ4v) is 2.76. The molecule has 0 saturated carbocycles. The van der Waals surface area contributed by atoms with Gasteiger partial charge < -0.3 is 15.1 Å². The standard InChI is InChI=1S/C20H29N3O2/c1-5-21-19(25)23-14-12-22(13-15-23)18(24)11-8-16-6-9-17(10-7-16)20(2,3)4/h6-11H,5,12-15H2,1-4H3,(H,21,25)/b11-8+. The molecule has 1 aliphatic heterocycles. The molecule has 1 N–H and O–H groups in total. The van der Waals surface area contributed by atoms with Gasteiger partial charge in [-0.25, -0.2) is 4.79 Å². The zero-order valence-electron chi connectivity index (χ0n) is 15.7. The predicted octanol–water partition coefficient (Wildman–Crippen LogP) is 2.87. The molecule has 0 radical (unpaired) electrons. The first kappa shape index (κ1) is 19.0. The number of rotatable bonds is 3. The molecular weight excluding hydrogens is 314 g/mol. The lowest BCUT2D eigenvalue weighted by Crippen LogP contribution is -2.52. The minimum absolute atomic E-state index is 0.00422. The van der Waals surface area contributed by atoms with Crippen molar-refractivity contribution in [1.29, 1.82) is 0 Å². The Labute approximate surface area is 150 Å². The van der Waals surface area contributed by atoms with Crippen molar-refractivity contribution in [2.75, 3.05) is 32.7 Å². The Kier molecular flexibility index (Phi) is 6.23. The van der Waals surface area contributed by atoms with Gasteiger partial charge in [-0.15, -0.1) is 0 Å². The minimum atomic E-state index is -0.0518. The van der Waals surface area contributed by atoms with Crippen LogP contribution in [-0.4, -0.2) is 54.5 Å². The molecule has 1 aromatic carbocycles. The molecule has 3 amide bonds. The molecule has 1 aliphatic rings. The Balaban J connectivity index is 1.88. The predicted molar refractivity (Wildman–Crippen MR) is 101 cm³/mol. The van der Waals surface area contributed by atoms with Gasteiger partial charge in [-0.05, 0) is 29.5 Å². The number of amides is 3. The normalized spacial score (nSPS) is 15.5. The van der Waals surface area contributed by atoms with Crippen molar-refractivity contribution >= 4 is 18.0 Å². The van der Waals surface area contributed by atoms with E-state index in [2.05, 4.69) is 38.2 Å². The van der Waals surface area contributed by atoms with Crippen LogP contribution in [0.15, 0.2) is 30.3 Å². The number of hydrogen-bond donors (Lipinski definition) is 1. The smallest absolute Gasteiger partial charge is 0.317 e. The van der Waals surface area contributed by atoms with Gasteiger partial charge in [-0.2, -0.15) is 0 Å². The highest BCUT2D eigenvalue weighted by molar-refractivity contribution is 5.92. The summed E-state index contributed by atoms with van der Waals surface area (Å²) >= 11 is 0. The lowest BCUT2D eigenvalue weighted by atomic mass is 9.87. The number of carbonyl (C=O) groups is 2. The molecule has 1 aromatic rings. The lowest BCUT2D eigenvalue weighted by molar-refractivity contribution is -0.127. The van der Waals surface area contributed by atoms with Crippen LogP contribution < -0.4 is 5.32 Å². The molecule has 25 heavy (non-hydrogen) atoms. The monoisotopic (exact) mass is 343 g/mol. The van der Waals surface area contributed by atoms with Gasteiger partial charge in [-0.3, -0.25) is 4.79 Å². The first-order chi connectivity index (χ1) is 11.8. The van der Waals surface area contributed by atoms with E-state index < -0.39 is 0 Å². The Bertz CT molecular complexity index is 621. The van der Waals surface area contributed by atoms with Gasteiger partial charge in [0.15, 0.2) is 0 Å². The second-order valence-corrected chi connectivity index (χ2v) is 7.35. The molecule has 1 heterocycles. The maximum absolute atomic E-state index is 12.3. The van der Waals surface area contributed by atoms with E-state index in [4.69, 9.17) is 0 Å². The van der Waals surface area contributed by atoms with Gasteiger partial charge in [0, 0.05) is 38.8 Å². The molecule has 5 heteroatoms. The maximum atomic E-state index is 12.3. The number of benzene rings is 1. The van der Waals surface area contributed by atoms with Crippen LogP contribution >= 0.6 is 0 Å². The summed E-state index contributed by atoms with van der Waals surface area (Å²) in [6.45, 7) is 11.4. The molecule has 0 aliphatic carbocycles. The Hall–Kier alpha value is -2.30. The van der Waals surface area contributed by atoms with E-state index in [1.165, 1.54) is 5.56 Å². The molecule has 0 spiro atoms. The first-order valence-electron chi connectivity index (χ1n) is 8.91. The molecule has 5 nitrogen and oxygen atoms in total. The molecule has 1 fully saturated rings. The summed E-state index contributed by atoms with van der Waals surface area (Å²) in [6, 6.07) is 8.24. The van der Waals surface area contributed by atoms with Crippen molar-refractivity contribution in [3.05, 3.63) is 41.5 Å². The average molecular weight is 343 g/mol. The molecule has 0 bridgehead atoms. The van der Waals surface area contributed by atoms with Crippen molar-refractivity contribution in [3.8, 4) is 0 Å². The summed E-state index contributed by atoms with van der Waals surface area (Å²) in [7, 11) is 0. The molecule has 2 rings (SSSR count). The third-order valence-electron chi connectivity index (χ3n) is 4.40. The number of urea groups is 1. The second kappa shape index (κ2) is 8.19. The summed E-state index contributed by atoms with van der Waals surface area (Å²) in [5.74, 6) is -0.00422. The highest BCUT2D eigenvalue weighted by Gasteiger charge is 2.22. The molecule has 0 atom stereocenters. The zero-order chi connectivity index (χ0) is 18.4. The average Bonchev–Trinajstić information content (AvgIpc) is 2.59. The van der Waals surface area contributed by atoms with Crippen LogP contribution in [0.1, 0.15) is 38.8 Å². The van der Waals surface area contributed by atoms with Gasteiger partial charge in [0.05, 0.1) is 0 Å². The maximum Gasteiger partial charge on any atom is 0.317 e. The number of piperazine rings is 1. The third-order valence-corrected chi connectivity index (χ3v) is 4.40. The van der Waals surface area contributed by atoms with E-state index in [-0.39, 0.29) is 17.4 Å². The van der Waals surface area contributed by atoms with E-state index in [0.717, 1.165) is 5.56 Å². The molecular formula is C20H29N3O2. The summed E-state index contributed by atoms with van der Waals surface area (Å²) in [4.78, 5) is 27.6. The van der Waals surface area contributed by atoms with E-state index in [0.29, 0.717) is 32.7 Å². The zero-order valence-corrected chi connectivity index (χ0v) is 15.7. The van der Waals surface area contributed by atoms with Gasteiger partial charge in [0.25, 0.3) is 0 Å². The van der Waals surface area contributed by atoms with Crippen LogP contribution in [0.5, 0.6) is 0 Å². The van der Waals surface area contributed by atoms with Crippen molar-refractivity contribution < 1.29 is 9.59 Å². The number of hydrogen-bond acceptors (Lipinski definition) is 2. The summed E-state index contributed by atoms with van der Waals surface area (Å²) in [5.41, 5.74) is 2.42. The topological polar surface area (TPSA) is 52.7 Å². The number of nitrogens with one attached hydrogen (secondary N) is 1. The van der Waals surface area contributed by atoms with Gasteiger partial charge in [0.2, 0.25) is 5.91 Å². The van der Waals surface area contributed by atoms with Crippen molar-refractivity contribution in [2.24, 2.45) is 0 Å². The van der Waals surface area contributed by atoms with E-state index >= 15 is 0 Å². The van der Waals surface area contributed by atoms with Crippen LogP contribution in [-0.2, 0) is 10.2 Å². The fraction of sp³-hybridized carbons (Fsp3) is 0.500. The molecule has 1 saturated heterocycles. The van der Waals surface area contributed by atoms with Crippen molar-refractivity contribution in [3.63, 3.8) is 0 Å². The molecule has 0 unspecified atom stereocenters. The van der Waals surface area contributed by atoms with Gasteiger partial charge >= 0.3 is 6.03 Å². The Morgan fingerprint density at radius 2 is 1.60 bits per heavy atom. The molecule has 0 aromatic heterocycles. The summed E-state index contributed by atoms with van der Waals surface area (Å²) < 4.78 is 0. The molecule has 136 valence electrons. The Morgan fingerprint density at radius 1 is 1.04 bits per heavy atom. The quantitative estimate of drug-likeness (QED) is 0.858.